The Labute approximate surface area is 146 Å². The smallest absolute Gasteiger partial charge is 0.0654 e. The largest absolute Gasteiger partial charge is 0.362 e. The van der Waals surface area contributed by atoms with Crippen LogP contribution in [0.3, 0.4) is 0 Å². The first-order valence-electron chi connectivity index (χ1n) is 7.35. The van der Waals surface area contributed by atoms with E-state index in [1.807, 2.05) is 42.6 Å². The Morgan fingerprint density at radius 1 is 0.826 bits per heavy atom. The van der Waals surface area contributed by atoms with Crippen LogP contribution in [0.2, 0.25) is 10.0 Å². The Balaban J connectivity index is 1.92. The molecule has 0 radical (unpaired) electrons. The van der Waals surface area contributed by atoms with Gasteiger partial charge >= 0.3 is 0 Å². The summed E-state index contributed by atoms with van der Waals surface area (Å²) in [5, 5.41) is 1.29. The Morgan fingerprint density at radius 2 is 1.57 bits per heavy atom. The van der Waals surface area contributed by atoms with Crippen LogP contribution < -0.4 is 4.90 Å². The summed E-state index contributed by atoms with van der Waals surface area (Å²) >= 11 is 12.4. The summed E-state index contributed by atoms with van der Waals surface area (Å²) in [6.45, 7) is 1.49. The number of nitrogens with zero attached hydrogens (tertiary/aromatic N) is 2. The van der Waals surface area contributed by atoms with Crippen molar-refractivity contribution in [3.8, 4) is 0 Å². The van der Waals surface area contributed by atoms with Crippen LogP contribution in [0.15, 0.2) is 73.1 Å². The SMILES string of the molecule is Clc1ccc(N(Cc2ccccc2)Cc2cccnc2)c(Cl)c1. The van der Waals surface area contributed by atoms with Gasteiger partial charge in [0.15, 0.2) is 0 Å². The van der Waals surface area contributed by atoms with Crippen molar-refractivity contribution in [1.29, 1.82) is 0 Å². The number of rotatable bonds is 5. The maximum atomic E-state index is 6.41. The fourth-order valence-electron chi connectivity index (χ4n) is 2.48. The molecule has 0 spiro atoms. The molecule has 0 fully saturated rings. The molecular formula is C19H16Cl2N2. The van der Waals surface area contributed by atoms with Crippen molar-refractivity contribution < 1.29 is 0 Å². The van der Waals surface area contributed by atoms with Gasteiger partial charge in [0.2, 0.25) is 0 Å². The average molecular weight is 343 g/mol. The standard InChI is InChI=1S/C19H16Cl2N2/c20-17-8-9-19(18(21)11-17)23(13-15-5-2-1-3-6-15)14-16-7-4-10-22-12-16/h1-12H,13-14H2. The van der Waals surface area contributed by atoms with Crippen LogP contribution in [-0.4, -0.2) is 4.98 Å². The molecule has 3 aromatic rings. The molecule has 2 nitrogen and oxygen atoms in total. The molecule has 2 aromatic carbocycles. The first-order chi connectivity index (χ1) is 11.2. The van der Waals surface area contributed by atoms with Crippen LogP contribution >= 0.6 is 23.2 Å². The van der Waals surface area contributed by atoms with Gasteiger partial charge in [-0.2, -0.15) is 0 Å². The van der Waals surface area contributed by atoms with Gasteiger partial charge in [0.1, 0.15) is 0 Å². The molecule has 0 saturated carbocycles. The number of benzene rings is 2. The molecule has 1 heterocycles. The topological polar surface area (TPSA) is 16.1 Å². The number of halogens is 2. The van der Waals surface area contributed by atoms with Gasteiger partial charge in [0.05, 0.1) is 10.7 Å². The highest BCUT2D eigenvalue weighted by molar-refractivity contribution is 6.36. The second kappa shape index (κ2) is 7.49. The summed E-state index contributed by atoms with van der Waals surface area (Å²) < 4.78 is 0. The van der Waals surface area contributed by atoms with E-state index in [0.717, 1.165) is 24.3 Å². The fourth-order valence-corrected chi connectivity index (χ4v) is 3.01. The second-order valence-corrected chi connectivity index (χ2v) is 6.14. The van der Waals surface area contributed by atoms with Crippen LogP contribution in [0.25, 0.3) is 0 Å². The molecule has 1 aromatic heterocycles. The highest BCUT2D eigenvalue weighted by atomic mass is 35.5. The Kier molecular flexibility index (Phi) is 5.16. The first-order valence-corrected chi connectivity index (χ1v) is 8.11. The molecule has 23 heavy (non-hydrogen) atoms. The van der Waals surface area contributed by atoms with E-state index in [9.17, 15) is 0 Å². The van der Waals surface area contributed by atoms with Gasteiger partial charge in [0, 0.05) is 30.5 Å². The average Bonchev–Trinajstić information content (AvgIpc) is 2.56. The molecule has 0 aliphatic carbocycles. The van der Waals surface area contributed by atoms with E-state index in [0.29, 0.717) is 10.0 Å². The lowest BCUT2D eigenvalue weighted by Gasteiger charge is -2.26. The van der Waals surface area contributed by atoms with Crippen LogP contribution in [-0.2, 0) is 13.1 Å². The Hall–Kier alpha value is -2.03. The molecule has 0 atom stereocenters. The summed E-state index contributed by atoms with van der Waals surface area (Å²) in [4.78, 5) is 6.42. The molecule has 0 unspecified atom stereocenters. The van der Waals surface area contributed by atoms with E-state index in [1.54, 1.807) is 12.3 Å². The van der Waals surface area contributed by atoms with Gasteiger partial charge < -0.3 is 4.90 Å². The number of anilines is 1. The zero-order valence-electron chi connectivity index (χ0n) is 12.5. The molecule has 0 saturated heterocycles. The van der Waals surface area contributed by atoms with Gasteiger partial charge in [-0.1, -0.05) is 59.6 Å². The Morgan fingerprint density at radius 3 is 2.26 bits per heavy atom. The monoisotopic (exact) mass is 342 g/mol. The van der Waals surface area contributed by atoms with Crippen molar-refractivity contribution >= 4 is 28.9 Å². The third kappa shape index (κ3) is 4.25. The third-order valence-corrected chi connectivity index (χ3v) is 4.10. The molecule has 4 heteroatoms. The summed E-state index contributed by atoms with van der Waals surface area (Å²) in [6, 6.07) is 19.9. The van der Waals surface area contributed by atoms with Gasteiger partial charge in [-0.25, -0.2) is 0 Å². The van der Waals surface area contributed by atoms with E-state index in [-0.39, 0.29) is 0 Å². The number of aromatic nitrogens is 1. The van der Waals surface area contributed by atoms with Gasteiger partial charge in [-0.05, 0) is 35.4 Å². The van der Waals surface area contributed by atoms with E-state index in [1.165, 1.54) is 5.56 Å². The van der Waals surface area contributed by atoms with E-state index in [2.05, 4.69) is 28.1 Å². The van der Waals surface area contributed by atoms with Crippen LogP contribution in [0.4, 0.5) is 5.69 Å². The van der Waals surface area contributed by atoms with Crippen molar-refractivity contribution in [2.45, 2.75) is 13.1 Å². The first kappa shape index (κ1) is 15.9. The van der Waals surface area contributed by atoms with Gasteiger partial charge in [-0.15, -0.1) is 0 Å². The highest BCUT2D eigenvalue weighted by Gasteiger charge is 2.12. The summed E-state index contributed by atoms with van der Waals surface area (Å²) in [6.07, 6.45) is 3.65. The number of pyridine rings is 1. The second-order valence-electron chi connectivity index (χ2n) is 5.30. The van der Waals surface area contributed by atoms with E-state index >= 15 is 0 Å². The molecule has 116 valence electrons. The number of hydrogen-bond donors (Lipinski definition) is 0. The highest BCUT2D eigenvalue weighted by Crippen LogP contribution is 2.31. The molecule has 0 aliphatic rings. The summed E-state index contributed by atoms with van der Waals surface area (Å²) in [5.41, 5.74) is 3.32. The minimum atomic E-state index is 0.639. The van der Waals surface area contributed by atoms with E-state index < -0.39 is 0 Å². The fraction of sp³-hybridized carbons (Fsp3) is 0.105. The van der Waals surface area contributed by atoms with Gasteiger partial charge in [0.25, 0.3) is 0 Å². The van der Waals surface area contributed by atoms with Crippen LogP contribution in [0.1, 0.15) is 11.1 Å². The maximum Gasteiger partial charge on any atom is 0.0654 e. The minimum Gasteiger partial charge on any atom is -0.362 e. The maximum absolute atomic E-state index is 6.41. The normalized spacial score (nSPS) is 10.5. The predicted molar refractivity (Wildman–Crippen MR) is 97.0 cm³/mol. The lowest BCUT2D eigenvalue weighted by Crippen LogP contribution is -2.22. The molecule has 3 rings (SSSR count). The molecule has 0 amide bonds. The lowest BCUT2D eigenvalue weighted by atomic mass is 10.1. The van der Waals surface area contributed by atoms with Crippen molar-refractivity contribution in [2.75, 3.05) is 4.90 Å². The molecular weight excluding hydrogens is 327 g/mol. The molecule has 0 aliphatic heterocycles. The minimum absolute atomic E-state index is 0.639. The predicted octanol–water partition coefficient (Wildman–Crippen LogP) is 5.60. The third-order valence-electron chi connectivity index (χ3n) is 3.56. The van der Waals surface area contributed by atoms with Crippen LogP contribution in [0.5, 0.6) is 0 Å². The van der Waals surface area contributed by atoms with Crippen LogP contribution in [0, 0.1) is 0 Å². The van der Waals surface area contributed by atoms with Crippen molar-refractivity contribution in [3.05, 3.63) is 94.2 Å². The summed E-state index contributed by atoms with van der Waals surface area (Å²) in [5.74, 6) is 0. The zero-order chi connectivity index (χ0) is 16.1. The summed E-state index contributed by atoms with van der Waals surface area (Å²) in [7, 11) is 0. The van der Waals surface area contributed by atoms with Crippen molar-refractivity contribution in [2.24, 2.45) is 0 Å². The zero-order valence-corrected chi connectivity index (χ0v) is 14.0. The quantitative estimate of drug-likeness (QED) is 0.600. The molecule has 0 bridgehead atoms. The molecule has 0 N–H and O–H groups in total. The Bertz CT molecular complexity index is 719. The van der Waals surface area contributed by atoms with Gasteiger partial charge in [-0.3, -0.25) is 4.98 Å². The number of hydrogen-bond acceptors (Lipinski definition) is 2. The van der Waals surface area contributed by atoms with Crippen molar-refractivity contribution in [3.63, 3.8) is 0 Å². The van der Waals surface area contributed by atoms with Crippen molar-refractivity contribution in [1.82, 2.24) is 4.98 Å². The lowest BCUT2D eigenvalue weighted by molar-refractivity contribution is 0.797. The van der Waals surface area contributed by atoms with E-state index in [4.69, 9.17) is 23.2 Å².